The van der Waals surface area contributed by atoms with Crippen molar-refractivity contribution < 1.29 is 19.5 Å². The number of carbonyl (C=O) groups excluding carboxylic acids is 2. The Hall–Kier alpha value is -1.59. The van der Waals surface area contributed by atoms with Crippen molar-refractivity contribution >= 4 is 17.8 Å². The van der Waals surface area contributed by atoms with Gasteiger partial charge in [-0.25, -0.2) is 14.8 Å². The number of carboxylic acid groups (broad SMARTS) is 1. The molecule has 0 aromatic heterocycles. The van der Waals surface area contributed by atoms with Crippen molar-refractivity contribution in [3.05, 3.63) is 0 Å². The molecule has 2 amide bonds. The van der Waals surface area contributed by atoms with Gasteiger partial charge in [0.15, 0.2) is 6.04 Å². The molecule has 2 rings (SSSR count). The van der Waals surface area contributed by atoms with Crippen LogP contribution in [0.15, 0.2) is 0 Å². The second-order valence-electron chi connectivity index (χ2n) is 6.58. The lowest BCUT2D eigenvalue weighted by atomic mass is 9.64. The average molecular weight is 282 g/mol. The van der Waals surface area contributed by atoms with Crippen LogP contribution in [0.1, 0.15) is 47.0 Å². The van der Waals surface area contributed by atoms with Crippen molar-refractivity contribution in [2.24, 2.45) is 10.8 Å². The summed E-state index contributed by atoms with van der Waals surface area (Å²) in [4.78, 5) is 37.0. The van der Waals surface area contributed by atoms with E-state index in [0.29, 0.717) is 25.8 Å². The number of carboxylic acids is 1. The highest BCUT2D eigenvalue weighted by Crippen LogP contribution is 2.50. The van der Waals surface area contributed by atoms with E-state index < -0.39 is 22.8 Å². The van der Waals surface area contributed by atoms with Gasteiger partial charge in [-0.1, -0.05) is 27.7 Å². The third-order valence-electron chi connectivity index (χ3n) is 4.67. The summed E-state index contributed by atoms with van der Waals surface area (Å²) < 4.78 is 0. The quantitative estimate of drug-likeness (QED) is 0.773. The summed E-state index contributed by atoms with van der Waals surface area (Å²) in [6, 6.07) is -0.920. The molecule has 6 nitrogen and oxygen atoms in total. The second kappa shape index (κ2) is 4.46. The molecule has 20 heavy (non-hydrogen) atoms. The van der Waals surface area contributed by atoms with Gasteiger partial charge in [0.1, 0.15) is 5.41 Å². The van der Waals surface area contributed by atoms with E-state index in [4.69, 9.17) is 0 Å². The lowest BCUT2D eigenvalue weighted by Crippen LogP contribution is -2.54. The van der Waals surface area contributed by atoms with E-state index in [1.807, 2.05) is 27.7 Å². The van der Waals surface area contributed by atoms with Crippen LogP contribution in [0.4, 0.5) is 0 Å². The Morgan fingerprint density at radius 2 is 1.95 bits per heavy atom. The summed E-state index contributed by atoms with van der Waals surface area (Å²) >= 11 is 0. The summed E-state index contributed by atoms with van der Waals surface area (Å²) in [6.07, 6.45) is 1.39. The Morgan fingerprint density at radius 3 is 2.40 bits per heavy atom. The maximum absolute atomic E-state index is 12.9. The number of hydrazine groups is 1. The molecule has 112 valence electrons. The van der Waals surface area contributed by atoms with Gasteiger partial charge in [0.25, 0.3) is 11.8 Å². The maximum Gasteiger partial charge on any atom is 0.328 e. The highest BCUT2D eigenvalue weighted by atomic mass is 16.4. The molecular weight excluding hydrogens is 260 g/mol. The van der Waals surface area contributed by atoms with E-state index in [-0.39, 0.29) is 11.8 Å². The minimum absolute atomic E-state index is 0.247. The fourth-order valence-electron chi connectivity index (χ4n) is 3.49. The van der Waals surface area contributed by atoms with Crippen LogP contribution in [0, 0.1) is 10.8 Å². The molecule has 1 N–H and O–H groups in total. The van der Waals surface area contributed by atoms with Gasteiger partial charge >= 0.3 is 5.97 Å². The van der Waals surface area contributed by atoms with Gasteiger partial charge < -0.3 is 5.11 Å². The summed E-state index contributed by atoms with van der Waals surface area (Å²) in [5.41, 5.74) is -1.69. The molecule has 0 aromatic rings. The number of carbonyl (C=O) groups is 3. The molecule has 6 heteroatoms. The van der Waals surface area contributed by atoms with Gasteiger partial charge in [0, 0.05) is 6.54 Å². The molecule has 2 unspecified atom stereocenters. The Labute approximate surface area is 118 Å². The number of amides is 2. The third-order valence-corrected chi connectivity index (χ3v) is 4.67. The molecular formula is C14H22N2O4. The van der Waals surface area contributed by atoms with E-state index in [1.54, 1.807) is 0 Å². The molecule has 2 fully saturated rings. The lowest BCUT2D eigenvalue weighted by Gasteiger charge is -2.37. The molecule has 0 aliphatic carbocycles. The molecule has 0 radical (unpaired) electrons. The van der Waals surface area contributed by atoms with Crippen molar-refractivity contribution in [1.82, 2.24) is 10.0 Å². The Bertz CT molecular complexity index is 468. The summed E-state index contributed by atoms with van der Waals surface area (Å²) in [5, 5.41) is 11.9. The minimum Gasteiger partial charge on any atom is -0.480 e. The van der Waals surface area contributed by atoms with Gasteiger partial charge in [-0.3, -0.25) is 9.59 Å². The normalized spacial score (nSPS) is 30.7. The Morgan fingerprint density at radius 1 is 1.35 bits per heavy atom. The van der Waals surface area contributed by atoms with Crippen LogP contribution in [0.25, 0.3) is 0 Å². The number of fused-ring (bicyclic) bond motifs is 1. The van der Waals surface area contributed by atoms with Gasteiger partial charge in [0.05, 0.1) is 0 Å². The zero-order valence-corrected chi connectivity index (χ0v) is 12.5. The standard InChI is InChI=1S/C14H22N2O4/c1-5-14(13(2,3)4)11(19)15-8-6-7-9(10(17)18)16(15)12(14)20/h9H,5-8H2,1-4H3,(H,17,18). The molecule has 0 bridgehead atoms. The lowest BCUT2D eigenvalue weighted by molar-refractivity contribution is -0.169. The summed E-state index contributed by atoms with van der Waals surface area (Å²) in [5.74, 6) is -1.65. The van der Waals surface area contributed by atoms with Crippen molar-refractivity contribution in [2.45, 2.75) is 53.0 Å². The molecule has 0 saturated carbocycles. The topological polar surface area (TPSA) is 77.9 Å². The fourth-order valence-corrected chi connectivity index (χ4v) is 3.49. The van der Waals surface area contributed by atoms with Crippen molar-refractivity contribution in [3.8, 4) is 0 Å². The zero-order valence-electron chi connectivity index (χ0n) is 12.5. The summed E-state index contributed by atoms with van der Waals surface area (Å²) in [7, 11) is 0. The Balaban J connectivity index is 2.53. The molecule has 2 heterocycles. The molecule has 2 saturated heterocycles. The maximum atomic E-state index is 12.9. The van der Waals surface area contributed by atoms with Crippen molar-refractivity contribution in [2.75, 3.05) is 6.54 Å². The van der Waals surface area contributed by atoms with E-state index in [9.17, 15) is 19.5 Å². The van der Waals surface area contributed by atoms with Crippen LogP contribution in [0.5, 0.6) is 0 Å². The molecule has 0 aromatic carbocycles. The minimum atomic E-state index is -1.15. The number of hydrogen-bond donors (Lipinski definition) is 1. The zero-order chi connectivity index (χ0) is 15.3. The van der Waals surface area contributed by atoms with E-state index in [2.05, 4.69) is 0 Å². The van der Waals surface area contributed by atoms with Gasteiger partial charge in [0.2, 0.25) is 0 Å². The van der Waals surface area contributed by atoms with Gasteiger partial charge in [-0.15, -0.1) is 0 Å². The highest BCUT2D eigenvalue weighted by Gasteiger charge is 2.65. The smallest absolute Gasteiger partial charge is 0.328 e. The first kappa shape index (κ1) is 14.8. The Kier molecular flexibility index (Phi) is 3.31. The third kappa shape index (κ3) is 1.66. The van der Waals surface area contributed by atoms with E-state index >= 15 is 0 Å². The first-order valence-corrected chi connectivity index (χ1v) is 7.07. The summed E-state index contributed by atoms with van der Waals surface area (Å²) in [6.45, 7) is 7.83. The van der Waals surface area contributed by atoms with Crippen LogP contribution in [0.2, 0.25) is 0 Å². The SMILES string of the molecule is CCC1(C(C)(C)C)C(=O)N2CCCC(C(=O)O)N2C1=O. The molecule has 2 aliphatic heterocycles. The molecule has 2 aliphatic rings. The van der Waals surface area contributed by atoms with Crippen LogP contribution >= 0.6 is 0 Å². The van der Waals surface area contributed by atoms with E-state index in [1.165, 1.54) is 10.0 Å². The van der Waals surface area contributed by atoms with Crippen molar-refractivity contribution in [1.29, 1.82) is 0 Å². The second-order valence-corrected chi connectivity index (χ2v) is 6.58. The number of nitrogens with zero attached hydrogens (tertiary/aromatic N) is 2. The van der Waals surface area contributed by atoms with Gasteiger partial charge in [-0.05, 0) is 24.7 Å². The molecule has 0 spiro atoms. The predicted octanol–water partition coefficient (Wildman–Crippen LogP) is 1.26. The number of aliphatic carboxylic acids is 1. The van der Waals surface area contributed by atoms with Crippen LogP contribution in [-0.2, 0) is 14.4 Å². The number of rotatable bonds is 2. The number of hydrogen-bond acceptors (Lipinski definition) is 3. The van der Waals surface area contributed by atoms with Gasteiger partial charge in [-0.2, -0.15) is 0 Å². The highest BCUT2D eigenvalue weighted by molar-refractivity contribution is 6.11. The fraction of sp³-hybridized carbons (Fsp3) is 0.786. The van der Waals surface area contributed by atoms with E-state index in [0.717, 1.165) is 0 Å². The van der Waals surface area contributed by atoms with Crippen LogP contribution in [0.3, 0.4) is 0 Å². The average Bonchev–Trinajstić information content (AvgIpc) is 2.58. The largest absolute Gasteiger partial charge is 0.480 e. The first-order valence-electron chi connectivity index (χ1n) is 7.07. The van der Waals surface area contributed by atoms with Crippen molar-refractivity contribution in [3.63, 3.8) is 0 Å². The monoisotopic (exact) mass is 282 g/mol. The van der Waals surface area contributed by atoms with Crippen LogP contribution in [-0.4, -0.2) is 45.5 Å². The predicted molar refractivity (Wildman–Crippen MR) is 71.4 cm³/mol. The first-order chi connectivity index (χ1) is 9.18. The van der Waals surface area contributed by atoms with Crippen LogP contribution < -0.4 is 0 Å². The molecule has 2 atom stereocenters.